The number of nitrogens with two attached hydrogens (primary N) is 2. The number of hydrazine groups is 1. The standard InChI is InChI=1S/C14H17ClN4.H4N2/c1-10-3-4-11-12(9-10)16-13(15)14(17-11)19-7-5-18(2)6-8-19;1-2/h3-4,9H,5-8H2,1-2H3;1-2H2. The van der Waals surface area contributed by atoms with E-state index in [1.54, 1.807) is 0 Å². The minimum Gasteiger partial charge on any atom is -0.351 e. The molecule has 1 aromatic carbocycles. The number of benzene rings is 1. The molecule has 1 aliphatic heterocycles. The first-order valence-corrected chi connectivity index (χ1v) is 7.22. The van der Waals surface area contributed by atoms with E-state index in [0.717, 1.165) is 43.0 Å². The van der Waals surface area contributed by atoms with Crippen LogP contribution in [0.15, 0.2) is 18.2 Å². The van der Waals surface area contributed by atoms with Gasteiger partial charge < -0.3 is 9.80 Å². The molecule has 6 nitrogen and oxygen atoms in total. The lowest BCUT2D eigenvalue weighted by atomic mass is 10.2. The number of halogens is 1. The van der Waals surface area contributed by atoms with Gasteiger partial charge in [-0.1, -0.05) is 17.7 Å². The molecule has 1 aromatic heterocycles. The van der Waals surface area contributed by atoms with Gasteiger partial charge in [0.25, 0.3) is 0 Å². The molecule has 114 valence electrons. The van der Waals surface area contributed by atoms with Crippen LogP contribution in [0.25, 0.3) is 11.0 Å². The van der Waals surface area contributed by atoms with E-state index in [4.69, 9.17) is 11.6 Å². The number of hydrogen-bond acceptors (Lipinski definition) is 6. The maximum Gasteiger partial charge on any atom is 0.172 e. The van der Waals surface area contributed by atoms with Crippen molar-refractivity contribution in [3.05, 3.63) is 28.9 Å². The molecule has 0 spiro atoms. The third kappa shape index (κ3) is 3.59. The highest BCUT2D eigenvalue weighted by Crippen LogP contribution is 2.25. The maximum absolute atomic E-state index is 6.30. The Morgan fingerprint density at radius 3 is 2.38 bits per heavy atom. The van der Waals surface area contributed by atoms with E-state index in [-0.39, 0.29) is 0 Å². The Kier molecular flexibility index (Phi) is 5.30. The van der Waals surface area contributed by atoms with Gasteiger partial charge in [0.1, 0.15) is 0 Å². The molecule has 0 bridgehead atoms. The quantitative estimate of drug-likeness (QED) is 0.607. The summed E-state index contributed by atoms with van der Waals surface area (Å²) in [5, 5.41) is 0.502. The Balaban J connectivity index is 0.000000774. The Bertz CT molecular complexity index is 610. The molecule has 7 heteroatoms. The molecule has 0 atom stereocenters. The van der Waals surface area contributed by atoms with Crippen molar-refractivity contribution in [3.63, 3.8) is 0 Å². The van der Waals surface area contributed by atoms with E-state index >= 15 is 0 Å². The topological polar surface area (TPSA) is 84.3 Å². The molecule has 0 unspecified atom stereocenters. The zero-order valence-electron chi connectivity index (χ0n) is 12.4. The number of anilines is 1. The summed E-state index contributed by atoms with van der Waals surface area (Å²) in [5.74, 6) is 8.81. The van der Waals surface area contributed by atoms with Gasteiger partial charge in [-0.3, -0.25) is 11.7 Å². The highest BCUT2D eigenvalue weighted by molar-refractivity contribution is 6.32. The lowest BCUT2D eigenvalue weighted by Gasteiger charge is -2.33. The second-order valence-corrected chi connectivity index (χ2v) is 5.48. The van der Waals surface area contributed by atoms with Crippen LogP contribution in [0.4, 0.5) is 5.82 Å². The van der Waals surface area contributed by atoms with E-state index in [9.17, 15) is 0 Å². The maximum atomic E-state index is 6.30. The molecule has 3 rings (SSSR count). The first-order chi connectivity index (χ1) is 10.1. The lowest BCUT2D eigenvalue weighted by molar-refractivity contribution is 0.312. The number of nitrogens with zero attached hydrogens (tertiary/aromatic N) is 4. The van der Waals surface area contributed by atoms with Crippen molar-refractivity contribution < 1.29 is 0 Å². The van der Waals surface area contributed by atoms with E-state index in [2.05, 4.69) is 44.6 Å². The summed E-state index contributed by atoms with van der Waals surface area (Å²) in [4.78, 5) is 13.7. The zero-order valence-corrected chi connectivity index (χ0v) is 13.1. The van der Waals surface area contributed by atoms with Gasteiger partial charge in [0.05, 0.1) is 11.0 Å². The molecule has 21 heavy (non-hydrogen) atoms. The summed E-state index contributed by atoms with van der Waals surface area (Å²) in [5.41, 5.74) is 2.94. The molecule has 0 saturated carbocycles. The fourth-order valence-corrected chi connectivity index (χ4v) is 2.61. The second kappa shape index (κ2) is 7.00. The number of fused-ring (bicyclic) bond motifs is 1. The van der Waals surface area contributed by atoms with Gasteiger partial charge in [-0.2, -0.15) is 0 Å². The van der Waals surface area contributed by atoms with Crippen LogP contribution in [-0.4, -0.2) is 48.1 Å². The van der Waals surface area contributed by atoms with Crippen molar-refractivity contribution in [1.82, 2.24) is 14.9 Å². The lowest BCUT2D eigenvalue weighted by Crippen LogP contribution is -2.45. The van der Waals surface area contributed by atoms with Crippen LogP contribution in [0, 0.1) is 6.92 Å². The Morgan fingerprint density at radius 2 is 1.71 bits per heavy atom. The van der Waals surface area contributed by atoms with Crippen molar-refractivity contribution >= 4 is 28.5 Å². The van der Waals surface area contributed by atoms with Crippen LogP contribution >= 0.6 is 11.6 Å². The molecule has 4 N–H and O–H groups in total. The van der Waals surface area contributed by atoms with Crippen molar-refractivity contribution in [1.29, 1.82) is 0 Å². The molecule has 2 heterocycles. The normalized spacial score (nSPS) is 15.8. The van der Waals surface area contributed by atoms with Gasteiger partial charge in [-0.25, -0.2) is 9.97 Å². The predicted molar refractivity (Wildman–Crippen MR) is 87.4 cm³/mol. The second-order valence-electron chi connectivity index (χ2n) is 5.12. The van der Waals surface area contributed by atoms with Crippen LogP contribution in [0.2, 0.25) is 5.15 Å². The Labute approximate surface area is 129 Å². The van der Waals surface area contributed by atoms with Gasteiger partial charge in [0.15, 0.2) is 11.0 Å². The monoisotopic (exact) mass is 308 g/mol. The first kappa shape index (κ1) is 15.9. The minimum absolute atomic E-state index is 0.502. The number of rotatable bonds is 1. The van der Waals surface area contributed by atoms with Gasteiger partial charge >= 0.3 is 0 Å². The molecule has 2 aromatic rings. The first-order valence-electron chi connectivity index (χ1n) is 6.84. The highest BCUT2D eigenvalue weighted by Gasteiger charge is 2.19. The zero-order chi connectivity index (χ0) is 15.4. The summed E-state index contributed by atoms with van der Waals surface area (Å²) in [7, 11) is 2.13. The third-order valence-electron chi connectivity index (χ3n) is 3.56. The van der Waals surface area contributed by atoms with Crippen LogP contribution < -0.4 is 16.6 Å². The average Bonchev–Trinajstić information content (AvgIpc) is 2.49. The largest absolute Gasteiger partial charge is 0.351 e. The molecule has 1 saturated heterocycles. The number of likely N-dealkylation sites (N-methyl/N-ethyl adjacent to an activating group) is 1. The van der Waals surface area contributed by atoms with Gasteiger partial charge in [0, 0.05) is 26.2 Å². The molecule has 1 fully saturated rings. The van der Waals surface area contributed by atoms with Crippen LogP contribution in [-0.2, 0) is 0 Å². The predicted octanol–water partition coefficient (Wildman–Crippen LogP) is 1.16. The molecule has 1 aliphatic rings. The van der Waals surface area contributed by atoms with E-state index in [0.29, 0.717) is 5.15 Å². The molecular formula is C14H21ClN6. The SMILES string of the molecule is Cc1ccc2nc(N3CCN(C)CC3)c(Cl)nc2c1.NN. The molecule has 0 aliphatic carbocycles. The summed E-state index contributed by atoms with van der Waals surface area (Å²) < 4.78 is 0. The van der Waals surface area contributed by atoms with Gasteiger partial charge in [0.2, 0.25) is 0 Å². The Morgan fingerprint density at radius 1 is 1.05 bits per heavy atom. The van der Waals surface area contributed by atoms with Crippen LogP contribution in [0.1, 0.15) is 5.56 Å². The third-order valence-corrected chi connectivity index (χ3v) is 3.82. The van der Waals surface area contributed by atoms with Crippen LogP contribution in [0.3, 0.4) is 0 Å². The van der Waals surface area contributed by atoms with Gasteiger partial charge in [-0.15, -0.1) is 0 Å². The summed E-state index contributed by atoms with van der Waals surface area (Å²) in [6.07, 6.45) is 0. The molecule has 0 radical (unpaired) electrons. The highest BCUT2D eigenvalue weighted by atomic mass is 35.5. The van der Waals surface area contributed by atoms with E-state index < -0.39 is 0 Å². The van der Waals surface area contributed by atoms with Crippen molar-refractivity contribution in [2.45, 2.75) is 6.92 Å². The average molecular weight is 309 g/mol. The number of aryl methyl sites for hydroxylation is 1. The van der Waals surface area contributed by atoms with E-state index in [1.165, 1.54) is 5.56 Å². The number of hydrogen-bond donors (Lipinski definition) is 2. The minimum atomic E-state index is 0.502. The van der Waals surface area contributed by atoms with E-state index in [1.807, 2.05) is 19.1 Å². The van der Waals surface area contributed by atoms with Crippen molar-refractivity contribution in [2.24, 2.45) is 11.7 Å². The molecular weight excluding hydrogens is 288 g/mol. The summed E-state index contributed by atoms with van der Waals surface area (Å²) in [6, 6.07) is 6.08. The number of piperazine rings is 1. The number of aromatic nitrogens is 2. The Hall–Kier alpha value is -1.47. The summed E-state index contributed by atoms with van der Waals surface area (Å²) in [6.45, 7) is 6.00. The smallest absolute Gasteiger partial charge is 0.172 e. The van der Waals surface area contributed by atoms with Gasteiger partial charge in [-0.05, 0) is 31.7 Å². The summed E-state index contributed by atoms with van der Waals surface area (Å²) >= 11 is 6.30. The van der Waals surface area contributed by atoms with Crippen molar-refractivity contribution in [2.75, 3.05) is 38.1 Å². The molecule has 0 amide bonds. The fourth-order valence-electron chi connectivity index (χ4n) is 2.35. The fraction of sp³-hybridized carbons (Fsp3) is 0.429. The van der Waals surface area contributed by atoms with Crippen molar-refractivity contribution in [3.8, 4) is 0 Å². The van der Waals surface area contributed by atoms with Crippen LogP contribution in [0.5, 0.6) is 0 Å².